The highest BCUT2D eigenvalue weighted by atomic mass is 19.1. The van der Waals surface area contributed by atoms with E-state index in [1.807, 2.05) is 0 Å². The predicted octanol–water partition coefficient (Wildman–Crippen LogP) is 1.60. The van der Waals surface area contributed by atoms with Gasteiger partial charge in [-0.2, -0.15) is 19.7 Å². The Hall–Kier alpha value is -4.03. The standard InChI is InChI=1S/C20H22FN11O/c1-14-2-3-17(32(14)20-23-8-15(21)9-24-20)6-7-31-26-10-16(27-31)12-33-18-4-5-19(22-11-18)30-13-25-28-29-30/h4-5,8-11,13-14,17H,2-3,6-7,12H2,1H3. The Bertz CT molecular complexity index is 1160. The smallest absolute Gasteiger partial charge is 0.225 e. The normalized spacial score (nSPS) is 18.1. The molecule has 4 aromatic rings. The molecule has 0 aromatic carbocycles. The van der Waals surface area contributed by atoms with Crippen molar-refractivity contribution in [3.05, 3.63) is 54.8 Å². The Morgan fingerprint density at radius 2 is 1.97 bits per heavy atom. The first kappa shape index (κ1) is 20.8. The molecule has 33 heavy (non-hydrogen) atoms. The van der Waals surface area contributed by atoms with Crippen LogP contribution in [0.25, 0.3) is 5.82 Å². The maximum atomic E-state index is 13.2. The van der Waals surface area contributed by atoms with E-state index in [-0.39, 0.29) is 12.6 Å². The zero-order valence-electron chi connectivity index (χ0n) is 17.9. The summed E-state index contributed by atoms with van der Waals surface area (Å²) in [5.74, 6) is 1.33. The number of ether oxygens (including phenoxy) is 1. The topological polar surface area (TPSA) is 125 Å². The highest BCUT2D eigenvalue weighted by molar-refractivity contribution is 5.34. The van der Waals surface area contributed by atoms with Crippen molar-refractivity contribution >= 4 is 5.95 Å². The van der Waals surface area contributed by atoms with Crippen molar-refractivity contribution in [3.63, 3.8) is 0 Å². The molecular weight excluding hydrogens is 429 g/mol. The lowest BCUT2D eigenvalue weighted by molar-refractivity contribution is 0.297. The average molecular weight is 451 g/mol. The summed E-state index contributed by atoms with van der Waals surface area (Å²) in [5.41, 5.74) is 0.720. The number of hydrogen-bond donors (Lipinski definition) is 0. The SMILES string of the molecule is CC1CCC(CCn2ncc(COc3ccc(-n4cnnn4)nc3)n2)N1c1ncc(F)cn1. The lowest BCUT2D eigenvalue weighted by atomic mass is 10.1. The quantitative estimate of drug-likeness (QED) is 0.390. The van der Waals surface area contributed by atoms with Crippen LogP contribution in [-0.2, 0) is 13.2 Å². The van der Waals surface area contributed by atoms with Crippen LogP contribution < -0.4 is 9.64 Å². The molecule has 1 aliphatic heterocycles. The van der Waals surface area contributed by atoms with Crippen molar-refractivity contribution in [2.24, 2.45) is 0 Å². The molecule has 0 aliphatic carbocycles. The van der Waals surface area contributed by atoms with Crippen LogP contribution in [0.2, 0.25) is 0 Å². The monoisotopic (exact) mass is 451 g/mol. The van der Waals surface area contributed by atoms with E-state index in [1.165, 1.54) is 23.4 Å². The van der Waals surface area contributed by atoms with Crippen molar-refractivity contribution < 1.29 is 9.13 Å². The average Bonchev–Trinajstić information content (AvgIpc) is 3.59. The number of halogens is 1. The minimum Gasteiger partial charge on any atom is -0.486 e. The Kier molecular flexibility index (Phi) is 5.83. The summed E-state index contributed by atoms with van der Waals surface area (Å²) < 4.78 is 20.4. The van der Waals surface area contributed by atoms with Crippen LogP contribution in [0.15, 0.2) is 43.2 Å². The Labute approximate surface area is 188 Å². The predicted molar refractivity (Wildman–Crippen MR) is 113 cm³/mol. The Morgan fingerprint density at radius 1 is 1.09 bits per heavy atom. The maximum Gasteiger partial charge on any atom is 0.225 e. The van der Waals surface area contributed by atoms with E-state index >= 15 is 0 Å². The summed E-state index contributed by atoms with van der Waals surface area (Å²) in [6.07, 6.45) is 10.1. The van der Waals surface area contributed by atoms with Crippen molar-refractivity contribution in [2.45, 2.75) is 51.4 Å². The van der Waals surface area contributed by atoms with E-state index in [9.17, 15) is 4.39 Å². The number of tetrazole rings is 1. The highest BCUT2D eigenvalue weighted by Crippen LogP contribution is 2.29. The van der Waals surface area contributed by atoms with Crippen LogP contribution in [-0.4, -0.2) is 62.2 Å². The second-order valence-electron chi connectivity index (χ2n) is 7.80. The zero-order valence-corrected chi connectivity index (χ0v) is 17.9. The third kappa shape index (κ3) is 4.76. The van der Waals surface area contributed by atoms with Crippen LogP contribution in [0, 0.1) is 5.82 Å². The van der Waals surface area contributed by atoms with Crippen molar-refractivity contribution in [3.8, 4) is 11.6 Å². The summed E-state index contributed by atoms with van der Waals surface area (Å²) in [7, 11) is 0. The molecule has 5 rings (SSSR count). The molecule has 1 saturated heterocycles. The minimum absolute atomic E-state index is 0.251. The molecule has 12 nitrogen and oxygen atoms in total. The number of hydrogen-bond acceptors (Lipinski definition) is 10. The second kappa shape index (κ2) is 9.22. The lowest BCUT2D eigenvalue weighted by Gasteiger charge is -2.28. The second-order valence-corrected chi connectivity index (χ2v) is 7.80. The van der Waals surface area contributed by atoms with Gasteiger partial charge in [-0.05, 0) is 48.7 Å². The number of aromatic nitrogens is 10. The largest absolute Gasteiger partial charge is 0.486 e. The number of nitrogens with zero attached hydrogens (tertiary/aromatic N) is 11. The van der Waals surface area contributed by atoms with E-state index in [2.05, 4.69) is 52.5 Å². The van der Waals surface area contributed by atoms with Gasteiger partial charge >= 0.3 is 0 Å². The van der Waals surface area contributed by atoms with Gasteiger partial charge in [-0.1, -0.05) is 0 Å². The third-order valence-electron chi connectivity index (χ3n) is 5.56. The molecule has 2 unspecified atom stereocenters. The van der Waals surface area contributed by atoms with Gasteiger partial charge in [0.15, 0.2) is 11.6 Å². The van der Waals surface area contributed by atoms with Crippen LogP contribution in [0.3, 0.4) is 0 Å². The van der Waals surface area contributed by atoms with Gasteiger partial charge in [0, 0.05) is 12.1 Å². The molecule has 0 spiro atoms. The van der Waals surface area contributed by atoms with E-state index in [1.54, 1.807) is 29.3 Å². The zero-order chi connectivity index (χ0) is 22.6. The maximum absolute atomic E-state index is 13.2. The lowest BCUT2D eigenvalue weighted by Crippen LogP contribution is -2.36. The van der Waals surface area contributed by atoms with Gasteiger partial charge in [-0.15, -0.1) is 5.10 Å². The first-order chi connectivity index (χ1) is 16.2. The van der Waals surface area contributed by atoms with Gasteiger partial charge in [0.1, 0.15) is 24.4 Å². The first-order valence-electron chi connectivity index (χ1n) is 10.6. The molecule has 13 heteroatoms. The molecule has 4 aromatic heterocycles. The molecule has 0 bridgehead atoms. The molecular formula is C20H22FN11O. The number of aryl methyl sites for hydroxylation is 1. The van der Waals surface area contributed by atoms with Gasteiger partial charge < -0.3 is 9.64 Å². The summed E-state index contributed by atoms with van der Waals surface area (Å²) in [6.45, 7) is 3.07. The minimum atomic E-state index is -0.433. The number of anilines is 1. The van der Waals surface area contributed by atoms with E-state index in [4.69, 9.17) is 4.74 Å². The van der Waals surface area contributed by atoms with Crippen molar-refractivity contribution in [1.29, 1.82) is 0 Å². The Balaban J connectivity index is 1.14. The summed E-state index contributed by atoms with van der Waals surface area (Å²) >= 11 is 0. The van der Waals surface area contributed by atoms with Gasteiger partial charge in [0.25, 0.3) is 0 Å². The molecule has 5 heterocycles. The van der Waals surface area contributed by atoms with E-state index in [0.717, 1.165) is 25.0 Å². The summed E-state index contributed by atoms with van der Waals surface area (Å²) in [6, 6.07) is 4.11. The fourth-order valence-corrected chi connectivity index (χ4v) is 3.94. The molecule has 170 valence electrons. The fourth-order valence-electron chi connectivity index (χ4n) is 3.94. The summed E-state index contributed by atoms with van der Waals surface area (Å²) in [5, 5.41) is 19.8. The molecule has 0 radical (unpaired) electrons. The van der Waals surface area contributed by atoms with Crippen LogP contribution in [0.1, 0.15) is 31.9 Å². The number of rotatable bonds is 8. The third-order valence-corrected chi connectivity index (χ3v) is 5.56. The van der Waals surface area contributed by atoms with Gasteiger partial charge in [-0.3, -0.25) is 0 Å². The molecule has 0 N–H and O–H groups in total. The molecule has 1 fully saturated rings. The van der Waals surface area contributed by atoms with Crippen LogP contribution in [0.5, 0.6) is 5.75 Å². The number of pyridine rings is 1. The molecule has 0 saturated carbocycles. The van der Waals surface area contributed by atoms with Gasteiger partial charge in [-0.25, -0.2) is 19.3 Å². The van der Waals surface area contributed by atoms with Crippen LogP contribution in [0.4, 0.5) is 10.3 Å². The van der Waals surface area contributed by atoms with E-state index < -0.39 is 5.82 Å². The van der Waals surface area contributed by atoms with Crippen molar-refractivity contribution in [1.82, 2.24) is 50.2 Å². The molecule has 0 amide bonds. The molecule has 1 aliphatic rings. The van der Waals surface area contributed by atoms with Gasteiger partial charge in [0.05, 0.1) is 31.3 Å². The van der Waals surface area contributed by atoms with Crippen LogP contribution >= 0.6 is 0 Å². The Morgan fingerprint density at radius 3 is 2.73 bits per heavy atom. The van der Waals surface area contributed by atoms with Gasteiger partial charge in [0.2, 0.25) is 5.95 Å². The summed E-state index contributed by atoms with van der Waals surface area (Å²) in [4.78, 5) is 16.4. The fraction of sp³-hybridized carbons (Fsp3) is 0.400. The highest BCUT2D eigenvalue weighted by Gasteiger charge is 2.32. The first-order valence-corrected chi connectivity index (χ1v) is 10.6. The van der Waals surface area contributed by atoms with E-state index in [0.29, 0.717) is 30.1 Å². The molecule has 2 atom stereocenters. The van der Waals surface area contributed by atoms with Crippen molar-refractivity contribution in [2.75, 3.05) is 4.90 Å².